The summed E-state index contributed by atoms with van der Waals surface area (Å²) in [6.07, 6.45) is 2.08. The Hall–Kier alpha value is -2.64. The molecule has 0 aliphatic carbocycles. The van der Waals surface area contributed by atoms with Gasteiger partial charge in [0.15, 0.2) is 5.82 Å². The highest BCUT2D eigenvalue weighted by Crippen LogP contribution is 2.17. The molecule has 6 nitrogen and oxygen atoms in total. The van der Waals surface area contributed by atoms with Gasteiger partial charge in [-0.25, -0.2) is 0 Å². The molecule has 0 saturated heterocycles. The Labute approximate surface area is 164 Å². The summed E-state index contributed by atoms with van der Waals surface area (Å²) in [7, 11) is 2.12. The van der Waals surface area contributed by atoms with Gasteiger partial charge in [0.05, 0.1) is 7.05 Å². The van der Waals surface area contributed by atoms with Crippen molar-refractivity contribution in [3.63, 3.8) is 0 Å². The molecule has 3 rings (SSSR count). The summed E-state index contributed by atoms with van der Waals surface area (Å²) in [5, 5.41) is 3.24. The molecule has 0 saturated carbocycles. The molecule has 1 atom stereocenters. The molecule has 27 heavy (non-hydrogen) atoms. The van der Waals surface area contributed by atoms with Gasteiger partial charge in [0.25, 0.3) is 0 Å². The second-order valence-electron chi connectivity index (χ2n) is 6.53. The van der Waals surface area contributed by atoms with Gasteiger partial charge < -0.3 is 16.0 Å². The summed E-state index contributed by atoms with van der Waals surface area (Å²) < 4.78 is 0. The molecule has 1 heterocycles. The average Bonchev–Trinajstić information content (AvgIpc) is 2.64. The van der Waals surface area contributed by atoms with Gasteiger partial charge in [-0.2, -0.15) is 15.0 Å². The van der Waals surface area contributed by atoms with Crippen molar-refractivity contribution in [2.24, 2.45) is 0 Å². The van der Waals surface area contributed by atoms with Crippen LogP contribution in [0.1, 0.15) is 17.0 Å². The Balaban J connectivity index is 1.68. The molecule has 7 heteroatoms. The molecule has 3 aromatic rings. The molecule has 2 aromatic carbocycles. The summed E-state index contributed by atoms with van der Waals surface area (Å²) in [6, 6.07) is 16.6. The maximum Gasteiger partial charge on any atom is 0.232 e. The number of nitrogens with one attached hydrogen (secondary N) is 2. The molecule has 0 bridgehead atoms. The second kappa shape index (κ2) is 8.83. The highest BCUT2D eigenvalue weighted by molar-refractivity contribution is 7.98. The van der Waals surface area contributed by atoms with Crippen molar-refractivity contribution in [1.82, 2.24) is 15.0 Å². The fraction of sp³-hybridized carbons (Fsp3) is 0.250. The summed E-state index contributed by atoms with van der Waals surface area (Å²) in [5.74, 6) is 1.38. The maximum absolute atomic E-state index is 5.90. The number of rotatable bonds is 7. The number of hydrogen-bond donors (Lipinski definition) is 3. The van der Waals surface area contributed by atoms with Crippen LogP contribution in [-0.2, 0) is 13.1 Å². The molecular weight excluding hydrogens is 356 g/mol. The van der Waals surface area contributed by atoms with Gasteiger partial charge in [0, 0.05) is 16.1 Å². The van der Waals surface area contributed by atoms with Crippen molar-refractivity contribution in [1.29, 1.82) is 0 Å². The standard InChI is InChI=1S/C20H24N6S/c1-14-6-4-5-7-17(14)22-20-24-18(23-19(21)25-20)13-26(2)12-15-8-10-16(27-3)11-9-15/h4-11H,12-13H2,1-3H3,(H3,21,22,23,24,25)/p+1. The van der Waals surface area contributed by atoms with Crippen LogP contribution >= 0.6 is 11.8 Å². The van der Waals surface area contributed by atoms with Gasteiger partial charge in [0.1, 0.15) is 13.1 Å². The number of aromatic nitrogens is 3. The van der Waals surface area contributed by atoms with Gasteiger partial charge in [-0.15, -0.1) is 11.8 Å². The van der Waals surface area contributed by atoms with Crippen LogP contribution < -0.4 is 16.0 Å². The van der Waals surface area contributed by atoms with E-state index in [1.807, 2.05) is 31.2 Å². The van der Waals surface area contributed by atoms with Crippen LogP contribution in [-0.4, -0.2) is 28.3 Å². The van der Waals surface area contributed by atoms with Crippen LogP contribution in [0, 0.1) is 6.92 Å². The Morgan fingerprint density at radius 1 is 1.00 bits per heavy atom. The number of aryl methyl sites for hydroxylation is 1. The number of quaternary nitrogens is 1. The molecule has 1 unspecified atom stereocenters. The lowest BCUT2D eigenvalue weighted by atomic mass is 10.2. The largest absolute Gasteiger partial charge is 0.368 e. The number of benzene rings is 2. The lowest BCUT2D eigenvalue weighted by molar-refractivity contribution is -0.908. The first kappa shape index (κ1) is 19.1. The van der Waals surface area contributed by atoms with E-state index in [4.69, 9.17) is 5.73 Å². The van der Waals surface area contributed by atoms with E-state index >= 15 is 0 Å². The lowest BCUT2D eigenvalue weighted by Crippen LogP contribution is -3.06. The minimum absolute atomic E-state index is 0.230. The smallest absolute Gasteiger partial charge is 0.232 e. The first-order valence-electron chi connectivity index (χ1n) is 8.81. The maximum atomic E-state index is 5.90. The molecular formula is C20H25N6S+. The summed E-state index contributed by atoms with van der Waals surface area (Å²) in [5.41, 5.74) is 9.26. The van der Waals surface area contributed by atoms with E-state index in [-0.39, 0.29) is 5.95 Å². The van der Waals surface area contributed by atoms with E-state index in [2.05, 4.69) is 57.8 Å². The minimum atomic E-state index is 0.230. The van der Waals surface area contributed by atoms with E-state index in [9.17, 15) is 0 Å². The van der Waals surface area contributed by atoms with Crippen LogP contribution in [0.15, 0.2) is 53.4 Å². The van der Waals surface area contributed by atoms with Gasteiger partial charge in [-0.1, -0.05) is 30.3 Å². The zero-order valence-electron chi connectivity index (χ0n) is 15.9. The van der Waals surface area contributed by atoms with Crippen molar-refractivity contribution in [3.8, 4) is 0 Å². The lowest BCUT2D eigenvalue weighted by Gasteiger charge is -2.14. The Morgan fingerprint density at radius 3 is 2.44 bits per heavy atom. The van der Waals surface area contributed by atoms with E-state index in [0.29, 0.717) is 18.3 Å². The van der Waals surface area contributed by atoms with Crippen molar-refractivity contribution in [2.45, 2.75) is 24.9 Å². The van der Waals surface area contributed by atoms with Crippen LogP contribution in [0.3, 0.4) is 0 Å². The number of thioether (sulfide) groups is 1. The average molecular weight is 382 g/mol. The first-order valence-corrected chi connectivity index (χ1v) is 10.0. The van der Waals surface area contributed by atoms with Gasteiger partial charge in [0.2, 0.25) is 11.9 Å². The van der Waals surface area contributed by atoms with Crippen molar-refractivity contribution in [3.05, 3.63) is 65.5 Å². The third-order valence-electron chi connectivity index (χ3n) is 4.22. The summed E-state index contributed by atoms with van der Waals surface area (Å²) in [6.45, 7) is 3.59. The van der Waals surface area contributed by atoms with E-state index in [1.54, 1.807) is 11.8 Å². The first-order chi connectivity index (χ1) is 13.0. The number of anilines is 3. The molecule has 0 amide bonds. The van der Waals surface area contributed by atoms with E-state index in [1.165, 1.54) is 15.4 Å². The molecule has 0 radical (unpaired) electrons. The third-order valence-corrected chi connectivity index (χ3v) is 4.96. The normalized spacial score (nSPS) is 12.0. The summed E-state index contributed by atoms with van der Waals surface area (Å²) >= 11 is 1.75. The number of nitrogens with zero attached hydrogens (tertiary/aromatic N) is 3. The number of nitrogens with two attached hydrogens (primary N) is 1. The quantitative estimate of drug-likeness (QED) is 0.546. The zero-order chi connectivity index (χ0) is 19.2. The van der Waals surface area contributed by atoms with Crippen LogP contribution in [0.4, 0.5) is 17.6 Å². The number of hydrogen-bond acceptors (Lipinski definition) is 6. The Kier molecular flexibility index (Phi) is 6.26. The highest BCUT2D eigenvalue weighted by atomic mass is 32.2. The number of nitrogen functional groups attached to an aromatic ring is 1. The Morgan fingerprint density at radius 2 is 1.74 bits per heavy atom. The monoisotopic (exact) mass is 381 g/mol. The molecule has 0 fully saturated rings. The topological polar surface area (TPSA) is 81.2 Å². The second-order valence-corrected chi connectivity index (χ2v) is 7.41. The van der Waals surface area contributed by atoms with Crippen molar-refractivity contribution in [2.75, 3.05) is 24.4 Å². The predicted octanol–water partition coefficient (Wildman–Crippen LogP) is 2.44. The SMILES string of the molecule is CSc1ccc(C[NH+](C)Cc2nc(N)nc(Nc3ccccc3C)n2)cc1. The molecule has 140 valence electrons. The number of para-hydroxylation sites is 1. The fourth-order valence-corrected chi connectivity index (χ4v) is 3.24. The van der Waals surface area contributed by atoms with Crippen molar-refractivity contribution >= 4 is 29.3 Å². The molecule has 0 aliphatic rings. The fourth-order valence-electron chi connectivity index (χ4n) is 2.83. The van der Waals surface area contributed by atoms with Crippen LogP contribution in [0.2, 0.25) is 0 Å². The van der Waals surface area contributed by atoms with Crippen molar-refractivity contribution < 1.29 is 4.90 Å². The highest BCUT2D eigenvalue weighted by Gasteiger charge is 2.11. The van der Waals surface area contributed by atoms with Gasteiger partial charge in [-0.05, 0) is 36.9 Å². The van der Waals surface area contributed by atoms with E-state index < -0.39 is 0 Å². The molecule has 0 spiro atoms. The van der Waals surface area contributed by atoms with E-state index in [0.717, 1.165) is 17.8 Å². The van der Waals surface area contributed by atoms with Crippen LogP contribution in [0.5, 0.6) is 0 Å². The van der Waals surface area contributed by atoms with Gasteiger partial charge in [-0.3, -0.25) is 0 Å². The zero-order valence-corrected chi connectivity index (χ0v) is 16.7. The molecule has 4 N–H and O–H groups in total. The molecule has 1 aromatic heterocycles. The minimum Gasteiger partial charge on any atom is -0.368 e. The molecule has 0 aliphatic heterocycles. The Bertz CT molecular complexity index is 897. The summed E-state index contributed by atoms with van der Waals surface area (Å²) in [4.78, 5) is 15.6. The third kappa shape index (κ3) is 5.42. The predicted molar refractivity (Wildman–Crippen MR) is 111 cm³/mol. The van der Waals surface area contributed by atoms with Gasteiger partial charge >= 0.3 is 0 Å². The van der Waals surface area contributed by atoms with Crippen LogP contribution in [0.25, 0.3) is 0 Å².